The highest BCUT2D eigenvalue weighted by atomic mass is 17.2. The van der Waals surface area contributed by atoms with E-state index in [-0.39, 0.29) is 11.7 Å². The first-order chi connectivity index (χ1) is 7.22. The minimum absolute atomic E-state index is 0.179. The van der Waals surface area contributed by atoms with Crippen molar-refractivity contribution in [1.29, 1.82) is 0 Å². The van der Waals surface area contributed by atoms with Gasteiger partial charge in [0.15, 0.2) is 0 Å². The minimum Gasteiger partial charge on any atom is -0.432 e. The first-order valence-electron chi connectivity index (χ1n) is 5.43. The third-order valence-corrected chi connectivity index (χ3v) is 2.12. The van der Waals surface area contributed by atoms with Gasteiger partial charge in [0.2, 0.25) is 0 Å². The molecule has 1 aliphatic rings. The van der Waals surface area contributed by atoms with E-state index >= 15 is 0 Å². The highest BCUT2D eigenvalue weighted by Gasteiger charge is 2.43. The van der Waals surface area contributed by atoms with E-state index in [0.717, 1.165) is 0 Å². The zero-order chi connectivity index (χ0) is 12.4. The summed E-state index contributed by atoms with van der Waals surface area (Å²) in [5, 5.41) is 0. The second-order valence-corrected chi connectivity index (χ2v) is 5.25. The van der Waals surface area contributed by atoms with Crippen LogP contribution in [0.4, 0.5) is 4.79 Å². The zero-order valence-corrected chi connectivity index (χ0v) is 10.5. The van der Waals surface area contributed by atoms with Crippen LogP contribution >= 0.6 is 0 Å². The summed E-state index contributed by atoms with van der Waals surface area (Å²) in [5.74, 6) is 0. The average molecular weight is 232 g/mol. The molecular weight excluding hydrogens is 212 g/mol. The molecule has 0 amide bonds. The van der Waals surface area contributed by atoms with E-state index in [4.69, 9.17) is 14.4 Å². The Kier molecular flexibility index (Phi) is 3.80. The number of ether oxygens (including phenoxy) is 2. The normalized spacial score (nSPS) is 25.1. The summed E-state index contributed by atoms with van der Waals surface area (Å²) in [6.45, 7) is 9.62. The first kappa shape index (κ1) is 13.3. The van der Waals surface area contributed by atoms with Gasteiger partial charge in [-0.2, -0.15) is 0 Å². The second-order valence-electron chi connectivity index (χ2n) is 5.25. The van der Waals surface area contributed by atoms with Gasteiger partial charge < -0.3 is 9.47 Å². The van der Waals surface area contributed by atoms with Crippen LogP contribution in [0.15, 0.2) is 0 Å². The van der Waals surface area contributed by atoms with Crippen LogP contribution in [0.2, 0.25) is 0 Å². The minimum atomic E-state index is -0.649. The lowest BCUT2D eigenvalue weighted by Gasteiger charge is -2.40. The molecule has 0 N–H and O–H groups in total. The van der Waals surface area contributed by atoms with Gasteiger partial charge in [0.25, 0.3) is 0 Å². The summed E-state index contributed by atoms with van der Waals surface area (Å²) in [5.41, 5.74) is -1.01. The van der Waals surface area contributed by atoms with Gasteiger partial charge in [0.1, 0.15) is 17.8 Å². The number of rotatable bonds is 4. The Bertz CT molecular complexity index is 255. The molecule has 0 aliphatic carbocycles. The number of hydrogen-bond donors (Lipinski definition) is 0. The van der Waals surface area contributed by atoms with Crippen molar-refractivity contribution in [3.05, 3.63) is 0 Å². The summed E-state index contributed by atoms with van der Waals surface area (Å²) >= 11 is 0. The molecule has 0 saturated carbocycles. The predicted molar refractivity (Wildman–Crippen MR) is 56.8 cm³/mol. The Morgan fingerprint density at radius 1 is 1.50 bits per heavy atom. The first-order valence-corrected chi connectivity index (χ1v) is 5.43. The molecule has 1 fully saturated rings. The van der Waals surface area contributed by atoms with Crippen LogP contribution in [0.25, 0.3) is 0 Å². The Morgan fingerprint density at radius 3 is 2.44 bits per heavy atom. The maximum atomic E-state index is 11.3. The van der Waals surface area contributed by atoms with E-state index in [1.54, 1.807) is 13.8 Å². The maximum absolute atomic E-state index is 11.3. The van der Waals surface area contributed by atoms with E-state index in [9.17, 15) is 4.79 Å². The van der Waals surface area contributed by atoms with Gasteiger partial charge in [0.05, 0.1) is 6.10 Å². The Morgan fingerprint density at radius 2 is 2.06 bits per heavy atom. The summed E-state index contributed by atoms with van der Waals surface area (Å²) in [6, 6.07) is 0. The molecule has 1 rings (SSSR count). The highest BCUT2D eigenvalue weighted by Crippen LogP contribution is 2.32. The highest BCUT2D eigenvalue weighted by molar-refractivity contribution is 5.60. The topological polar surface area (TPSA) is 54.0 Å². The average Bonchev–Trinajstić information content (AvgIpc) is 1.96. The molecule has 5 nitrogen and oxygen atoms in total. The van der Waals surface area contributed by atoms with Crippen molar-refractivity contribution in [2.75, 3.05) is 6.61 Å². The van der Waals surface area contributed by atoms with Crippen LogP contribution in [-0.4, -0.2) is 30.1 Å². The third kappa shape index (κ3) is 3.98. The molecule has 0 bridgehead atoms. The molecule has 1 aliphatic heterocycles. The number of hydrogen-bond acceptors (Lipinski definition) is 5. The second kappa shape index (κ2) is 4.59. The van der Waals surface area contributed by atoms with Gasteiger partial charge in [0, 0.05) is 6.42 Å². The lowest BCUT2D eigenvalue weighted by molar-refractivity contribution is -0.471. The Hall–Kier alpha value is -0.810. The van der Waals surface area contributed by atoms with Crippen molar-refractivity contribution in [2.24, 2.45) is 0 Å². The summed E-state index contributed by atoms with van der Waals surface area (Å²) < 4.78 is 10.1. The maximum Gasteiger partial charge on any atom is 0.509 e. The van der Waals surface area contributed by atoms with Crippen LogP contribution < -0.4 is 0 Å². The van der Waals surface area contributed by atoms with E-state index in [0.29, 0.717) is 13.0 Å². The molecule has 0 radical (unpaired) electrons. The Labute approximate surface area is 95.9 Å². The van der Waals surface area contributed by atoms with Gasteiger partial charge in [-0.25, -0.2) is 14.6 Å². The van der Waals surface area contributed by atoms with Crippen LogP contribution in [0.1, 0.15) is 41.0 Å². The molecule has 1 heterocycles. The van der Waals surface area contributed by atoms with Gasteiger partial charge in [-0.05, 0) is 34.6 Å². The monoisotopic (exact) mass is 232 g/mol. The molecule has 0 aromatic rings. The predicted octanol–water partition coefficient (Wildman–Crippen LogP) is 2.44. The van der Waals surface area contributed by atoms with Gasteiger partial charge in [-0.15, -0.1) is 0 Å². The van der Waals surface area contributed by atoms with Gasteiger partial charge >= 0.3 is 6.16 Å². The largest absolute Gasteiger partial charge is 0.509 e. The standard InChI is InChI=1S/C11H20O5/c1-8(2)14-9(12)15-10(3,4)6-11(5)7-13-16-11/h8H,6-7H2,1-5H3. The molecule has 94 valence electrons. The lowest BCUT2D eigenvalue weighted by atomic mass is 9.90. The molecule has 1 unspecified atom stereocenters. The van der Waals surface area contributed by atoms with Crippen molar-refractivity contribution in [1.82, 2.24) is 0 Å². The summed E-state index contributed by atoms with van der Waals surface area (Å²) in [6.07, 6.45) is -0.265. The van der Waals surface area contributed by atoms with E-state index < -0.39 is 11.8 Å². The molecule has 1 atom stereocenters. The summed E-state index contributed by atoms with van der Waals surface area (Å²) in [7, 11) is 0. The van der Waals surface area contributed by atoms with Crippen LogP contribution in [0.3, 0.4) is 0 Å². The Balaban J connectivity index is 2.41. The lowest BCUT2D eigenvalue weighted by Crippen LogP contribution is -2.50. The molecular formula is C11H20O5. The fourth-order valence-corrected chi connectivity index (χ4v) is 1.72. The van der Waals surface area contributed by atoms with Crippen molar-refractivity contribution >= 4 is 6.16 Å². The molecule has 5 heteroatoms. The van der Waals surface area contributed by atoms with Gasteiger partial charge in [-0.3, -0.25) is 0 Å². The van der Waals surface area contributed by atoms with E-state index in [1.807, 2.05) is 20.8 Å². The number of carbonyl (C=O) groups is 1. The van der Waals surface area contributed by atoms with Crippen molar-refractivity contribution in [3.63, 3.8) is 0 Å². The molecule has 0 aromatic heterocycles. The molecule has 0 aromatic carbocycles. The van der Waals surface area contributed by atoms with E-state index in [1.165, 1.54) is 0 Å². The van der Waals surface area contributed by atoms with Crippen LogP contribution in [-0.2, 0) is 19.2 Å². The van der Waals surface area contributed by atoms with Crippen molar-refractivity contribution in [2.45, 2.75) is 58.3 Å². The fourth-order valence-electron chi connectivity index (χ4n) is 1.72. The van der Waals surface area contributed by atoms with Crippen LogP contribution in [0.5, 0.6) is 0 Å². The van der Waals surface area contributed by atoms with E-state index in [2.05, 4.69) is 4.89 Å². The quantitative estimate of drug-likeness (QED) is 0.550. The van der Waals surface area contributed by atoms with Crippen LogP contribution in [0, 0.1) is 0 Å². The van der Waals surface area contributed by atoms with Crippen molar-refractivity contribution in [3.8, 4) is 0 Å². The SMILES string of the molecule is CC(C)OC(=O)OC(C)(C)CC1(C)COO1. The molecule has 0 spiro atoms. The fraction of sp³-hybridized carbons (Fsp3) is 0.909. The number of carbonyl (C=O) groups excluding carboxylic acids is 1. The zero-order valence-electron chi connectivity index (χ0n) is 10.5. The van der Waals surface area contributed by atoms with Gasteiger partial charge in [-0.1, -0.05) is 0 Å². The smallest absolute Gasteiger partial charge is 0.432 e. The third-order valence-electron chi connectivity index (χ3n) is 2.12. The molecule has 1 saturated heterocycles. The van der Waals surface area contributed by atoms with Crippen molar-refractivity contribution < 1.29 is 24.0 Å². The summed E-state index contributed by atoms with van der Waals surface area (Å²) in [4.78, 5) is 21.0. The molecule has 16 heavy (non-hydrogen) atoms.